The van der Waals surface area contributed by atoms with E-state index in [2.05, 4.69) is 112 Å². The molecule has 0 bridgehead atoms. The van der Waals surface area contributed by atoms with Crippen LogP contribution in [0.15, 0.2) is 58.5 Å². The minimum atomic E-state index is -0.579. The van der Waals surface area contributed by atoms with Crippen molar-refractivity contribution in [2.45, 2.75) is 146 Å². The van der Waals surface area contributed by atoms with Crippen LogP contribution in [0.4, 0.5) is 11.4 Å². The summed E-state index contributed by atoms with van der Waals surface area (Å²) in [6.07, 6.45) is 0. The quantitative estimate of drug-likeness (QED) is 0.134. The first-order valence-corrected chi connectivity index (χ1v) is 19.0. The summed E-state index contributed by atoms with van der Waals surface area (Å²) in [4.78, 5) is 9.60. The SMILES string of the molecule is CC(=Nc1c(C)cccc1C)C(C)=Nc1c(C)cccc1C.CC(C)(C)c1cc2c(c(C(C)(C)C)c1)Oc1c(c(C(C)(C)C)c([O-])c([O-])c1C(C)(C)C)O2.[Ni+2]. The van der Waals surface area contributed by atoms with Crippen LogP contribution in [0, 0.1) is 27.7 Å². The van der Waals surface area contributed by atoms with E-state index >= 15 is 0 Å². The third kappa shape index (κ3) is 9.84. The van der Waals surface area contributed by atoms with Crippen LogP contribution < -0.4 is 19.7 Å². The molecule has 0 amide bonds. The van der Waals surface area contributed by atoms with E-state index in [1.165, 1.54) is 22.3 Å². The minimum Gasteiger partial charge on any atom is -0.873 e. The zero-order valence-corrected chi connectivity index (χ0v) is 37.5. The number of aliphatic imine (C=N–C) groups is 2. The van der Waals surface area contributed by atoms with E-state index in [0.717, 1.165) is 33.9 Å². The second-order valence-electron chi connectivity index (χ2n) is 19.0. The molecule has 0 aromatic heterocycles. The van der Waals surface area contributed by atoms with Gasteiger partial charge >= 0.3 is 16.5 Å². The molecule has 0 radical (unpaired) electrons. The summed E-state index contributed by atoms with van der Waals surface area (Å²) in [6, 6.07) is 16.7. The molecule has 0 N–H and O–H groups in total. The second kappa shape index (κ2) is 16.2. The second-order valence-corrected chi connectivity index (χ2v) is 19.0. The fraction of sp³-hybridized carbons (Fsp3) is 0.458. The number of para-hydroxylation sites is 2. The van der Waals surface area contributed by atoms with E-state index in [0.29, 0.717) is 34.1 Å². The minimum absolute atomic E-state index is 0. The molecular formula is C48H62N2NiO4. The molecule has 6 nitrogen and oxygen atoms in total. The molecule has 7 heteroatoms. The fourth-order valence-corrected chi connectivity index (χ4v) is 6.66. The van der Waals surface area contributed by atoms with Crippen LogP contribution in [0.25, 0.3) is 0 Å². The van der Waals surface area contributed by atoms with Gasteiger partial charge in [-0.15, -0.1) is 11.5 Å². The molecular weight excluding hydrogens is 727 g/mol. The Morgan fingerprint density at radius 3 is 1.20 bits per heavy atom. The topological polar surface area (TPSA) is 89.3 Å². The molecule has 4 aromatic carbocycles. The third-order valence-electron chi connectivity index (χ3n) is 9.93. The molecule has 5 rings (SSSR count). The van der Waals surface area contributed by atoms with Gasteiger partial charge in [0.2, 0.25) is 0 Å². The van der Waals surface area contributed by atoms with E-state index in [9.17, 15) is 10.2 Å². The number of hydrogen-bond acceptors (Lipinski definition) is 6. The zero-order valence-electron chi connectivity index (χ0n) is 36.5. The van der Waals surface area contributed by atoms with Crippen LogP contribution >= 0.6 is 0 Å². The number of benzene rings is 4. The van der Waals surface area contributed by atoms with Crippen LogP contribution in [0.2, 0.25) is 0 Å². The Labute approximate surface area is 341 Å². The first kappa shape index (κ1) is 45.3. The van der Waals surface area contributed by atoms with E-state index in [1.54, 1.807) is 0 Å². The van der Waals surface area contributed by atoms with Crippen LogP contribution in [0.1, 0.15) is 141 Å². The Morgan fingerprint density at radius 2 is 0.873 bits per heavy atom. The molecule has 0 aliphatic carbocycles. The molecule has 1 heterocycles. The Bertz CT molecular complexity index is 2030. The number of nitrogens with zero attached hydrogens (tertiary/aromatic N) is 2. The smallest absolute Gasteiger partial charge is 0.873 e. The van der Waals surface area contributed by atoms with Gasteiger partial charge in [0.05, 0.1) is 22.8 Å². The van der Waals surface area contributed by atoms with Crippen LogP contribution in [-0.4, -0.2) is 11.4 Å². The Hall–Kier alpha value is -4.09. The number of fused-ring (bicyclic) bond motifs is 2. The van der Waals surface area contributed by atoms with Crippen molar-refractivity contribution in [2.24, 2.45) is 9.98 Å². The molecule has 298 valence electrons. The van der Waals surface area contributed by atoms with E-state index in [4.69, 9.17) is 19.5 Å². The summed E-state index contributed by atoms with van der Waals surface area (Å²) < 4.78 is 13.1. The molecule has 0 fully saturated rings. The predicted octanol–water partition coefficient (Wildman–Crippen LogP) is 12.7. The monoisotopic (exact) mass is 788 g/mol. The maximum Gasteiger partial charge on any atom is 2.00 e. The molecule has 4 aromatic rings. The average Bonchev–Trinajstić information content (AvgIpc) is 3.02. The van der Waals surface area contributed by atoms with Gasteiger partial charge in [-0.1, -0.05) is 126 Å². The van der Waals surface area contributed by atoms with Crippen molar-refractivity contribution in [1.29, 1.82) is 0 Å². The standard InChI is InChI=1S/C28H40O4.C20H24N2.Ni/c1-25(2,3)15-13-16(26(4,5)6)22-17(14-15)31-23-18(27(7,8)9)20(29)21(30)19(24(23)32-22)28(10,11)12;1-13-9-7-10-14(2)19(13)21-17(5)18(6)22-20-15(3)11-8-12-16(20)4;/h13-14,29-30H,1-12H3;7-12H,1-6H3;/q;;+2/p-2. The van der Waals surface area contributed by atoms with E-state index in [-0.39, 0.29) is 27.3 Å². The summed E-state index contributed by atoms with van der Waals surface area (Å²) >= 11 is 0. The zero-order chi connectivity index (χ0) is 40.9. The Balaban J connectivity index is 0.000000310. The van der Waals surface area contributed by atoms with Gasteiger partial charge in [-0.3, -0.25) is 9.98 Å². The molecule has 0 saturated carbocycles. The van der Waals surface area contributed by atoms with Crippen LogP contribution in [0.3, 0.4) is 0 Å². The van der Waals surface area contributed by atoms with Gasteiger partial charge in [-0.25, -0.2) is 0 Å². The van der Waals surface area contributed by atoms with Crippen molar-refractivity contribution < 1.29 is 36.2 Å². The van der Waals surface area contributed by atoms with Gasteiger partial charge in [0, 0.05) is 5.56 Å². The van der Waals surface area contributed by atoms with Crippen molar-refractivity contribution in [1.82, 2.24) is 0 Å². The summed E-state index contributed by atoms with van der Waals surface area (Å²) in [5.74, 6) is 0.978. The van der Waals surface area contributed by atoms with Crippen molar-refractivity contribution >= 4 is 22.8 Å². The van der Waals surface area contributed by atoms with Crippen molar-refractivity contribution in [2.75, 3.05) is 0 Å². The first-order chi connectivity index (χ1) is 24.6. The van der Waals surface area contributed by atoms with Gasteiger partial charge in [-0.2, -0.15) is 0 Å². The maximum absolute atomic E-state index is 13.3. The first-order valence-electron chi connectivity index (χ1n) is 19.0. The summed E-state index contributed by atoms with van der Waals surface area (Å²) in [6.45, 7) is 36.9. The van der Waals surface area contributed by atoms with Gasteiger partial charge in [0.15, 0.2) is 23.0 Å². The van der Waals surface area contributed by atoms with Crippen molar-refractivity contribution in [3.05, 3.63) is 93.0 Å². The van der Waals surface area contributed by atoms with E-state index in [1.807, 2.05) is 61.5 Å². The predicted molar refractivity (Wildman–Crippen MR) is 224 cm³/mol. The van der Waals surface area contributed by atoms with Gasteiger partial charge in [-0.05, 0) is 108 Å². The van der Waals surface area contributed by atoms with Crippen molar-refractivity contribution in [3.8, 4) is 34.5 Å². The molecule has 1 aliphatic heterocycles. The van der Waals surface area contributed by atoms with Crippen LogP contribution in [0.5, 0.6) is 34.5 Å². The third-order valence-corrected chi connectivity index (χ3v) is 9.93. The fourth-order valence-electron chi connectivity index (χ4n) is 6.66. The average molecular weight is 790 g/mol. The van der Waals surface area contributed by atoms with E-state index < -0.39 is 22.3 Å². The Kier molecular flexibility index (Phi) is 13.3. The summed E-state index contributed by atoms with van der Waals surface area (Å²) in [5, 5.41) is 26.6. The molecule has 0 spiro atoms. The maximum atomic E-state index is 13.3. The van der Waals surface area contributed by atoms with Crippen molar-refractivity contribution in [3.63, 3.8) is 0 Å². The summed E-state index contributed by atoms with van der Waals surface area (Å²) in [7, 11) is 0. The largest absolute Gasteiger partial charge is 2.00 e. The molecule has 0 unspecified atom stereocenters. The number of ether oxygens (including phenoxy) is 2. The molecule has 0 atom stereocenters. The normalized spacial score (nSPS) is 13.4. The number of aryl methyl sites for hydroxylation is 4. The molecule has 1 aliphatic rings. The van der Waals surface area contributed by atoms with Crippen LogP contribution in [-0.2, 0) is 38.2 Å². The van der Waals surface area contributed by atoms with Gasteiger partial charge < -0.3 is 19.7 Å². The summed E-state index contributed by atoms with van der Waals surface area (Å²) in [5.41, 5.74) is 10.2. The molecule has 55 heavy (non-hydrogen) atoms. The Morgan fingerprint density at radius 1 is 0.509 bits per heavy atom. The van der Waals surface area contributed by atoms with Gasteiger partial charge in [0.1, 0.15) is 0 Å². The molecule has 0 saturated heterocycles. The number of hydrogen-bond donors (Lipinski definition) is 0. The number of rotatable bonds is 3. The van der Waals surface area contributed by atoms with Gasteiger partial charge in [0.25, 0.3) is 0 Å².